The monoisotopic (exact) mass is 500 g/mol. The molecule has 1 aliphatic rings. The molecule has 4 nitrogen and oxygen atoms in total. The van der Waals surface area contributed by atoms with Crippen LogP contribution in [0, 0.1) is 6.92 Å². The van der Waals surface area contributed by atoms with Crippen molar-refractivity contribution in [3.05, 3.63) is 58.1 Å². The molecule has 0 atom stereocenters. The standard InChI is InChI=1S/C28H41ClN4S/c1-5-15-32-17-8-10-24-19-23(12-14-27(24)32)21-33(18-9-16-31(6-2)7-3)28(34)30-25-13-11-22(4)26(29)20-25/h11-14,19-20H,5-10,15-18,21H2,1-4H3,(H,30,34). The number of nitrogens with one attached hydrogen (secondary N) is 1. The summed E-state index contributed by atoms with van der Waals surface area (Å²) in [6.45, 7) is 16.0. The highest BCUT2D eigenvalue weighted by Crippen LogP contribution is 2.29. The van der Waals surface area contributed by atoms with Gasteiger partial charge < -0.3 is 20.0 Å². The van der Waals surface area contributed by atoms with E-state index in [0.29, 0.717) is 0 Å². The topological polar surface area (TPSA) is 21.8 Å². The van der Waals surface area contributed by atoms with Crippen molar-refractivity contribution in [2.75, 3.05) is 49.5 Å². The molecule has 0 aromatic heterocycles. The minimum atomic E-state index is 0.754. The zero-order chi connectivity index (χ0) is 24.5. The summed E-state index contributed by atoms with van der Waals surface area (Å²) in [6.07, 6.45) is 4.66. The number of anilines is 2. The summed E-state index contributed by atoms with van der Waals surface area (Å²) in [5.41, 5.74) is 6.23. The number of fused-ring (bicyclic) bond motifs is 1. The number of nitrogens with zero attached hydrogens (tertiary/aromatic N) is 3. The van der Waals surface area contributed by atoms with E-state index in [1.807, 2.05) is 25.1 Å². The van der Waals surface area contributed by atoms with Crippen LogP contribution in [0.15, 0.2) is 36.4 Å². The van der Waals surface area contributed by atoms with Crippen LogP contribution < -0.4 is 10.2 Å². The van der Waals surface area contributed by atoms with Crippen LogP contribution in [-0.2, 0) is 13.0 Å². The number of halogens is 1. The molecule has 1 N–H and O–H groups in total. The van der Waals surface area contributed by atoms with Gasteiger partial charge in [-0.05, 0) is 99.3 Å². The lowest BCUT2D eigenvalue weighted by atomic mass is 9.98. The lowest BCUT2D eigenvalue weighted by Gasteiger charge is -2.32. The van der Waals surface area contributed by atoms with Gasteiger partial charge in [-0.25, -0.2) is 0 Å². The van der Waals surface area contributed by atoms with Crippen LogP contribution >= 0.6 is 23.8 Å². The maximum Gasteiger partial charge on any atom is 0.173 e. The van der Waals surface area contributed by atoms with Crippen LogP contribution in [0.4, 0.5) is 11.4 Å². The molecule has 0 saturated carbocycles. The van der Waals surface area contributed by atoms with E-state index in [1.54, 1.807) is 0 Å². The molecule has 6 heteroatoms. The first kappa shape index (κ1) is 26.8. The van der Waals surface area contributed by atoms with Gasteiger partial charge >= 0.3 is 0 Å². The third kappa shape index (κ3) is 7.34. The number of thiocarbonyl (C=S) groups is 1. The summed E-state index contributed by atoms with van der Waals surface area (Å²) in [6, 6.07) is 13.0. The van der Waals surface area contributed by atoms with E-state index in [4.69, 9.17) is 23.8 Å². The average Bonchev–Trinajstić information content (AvgIpc) is 2.83. The molecule has 0 radical (unpaired) electrons. The van der Waals surface area contributed by atoms with Crippen LogP contribution in [0.25, 0.3) is 0 Å². The van der Waals surface area contributed by atoms with E-state index in [0.717, 1.165) is 73.5 Å². The summed E-state index contributed by atoms with van der Waals surface area (Å²) in [7, 11) is 0. The smallest absolute Gasteiger partial charge is 0.173 e. The Morgan fingerprint density at radius 3 is 2.59 bits per heavy atom. The van der Waals surface area contributed by atoms with Crippen molar-refractivity contribution in [3.8, 4) is 0 Å². The normalized spacial score (nSPS) is 13.2. The molecule has 2 aromatic carbocycles. The zero-order valence-electron chi connectivity index (χ0n) is 21.4. The Morgan fingerprint density at radius 2 is 1.88 bits per heavy atom. The summed E-state index contributed by atoms with van der Waals surface area (Å²) < 4.78 is 0. The van der Waals surface area contributed by atoms with Gasteiger partial charge in [-0.1, -0.05) is 50.6 Å². The first-order valence-electron chi connectivity index (χ1n) is 12.9. The summed E-state index contributed by atoms with van der Waals surface area (Å²) in [5.74, 6) is 0. The molecule has 0 aliphatic carbocycles. The fourth-order valence-electron chi connectivity index (χ4n) is 4.70. The molecule has 0 saturated heterocycles. The molecule has 0 amide bonds. The van der Waals surface area contributed by atoms with Crippen LogP contribution in [0.3, 0.4) is 0 Å². The van der Waals surface area contributed by atoms with Crippen molar-refractivity contribution >= 4 is 40.3 Å². The first-order chi connectivity index (χ1) is 16.4. The van der Waals surface area contributed by atoms with E-state index in [-0.39, 0.29) is 0 Å². The second-order valence-corrected chi connectivity index (χ2v) is 10.0. The van der Waals surface area contributed by atoms with Crippen LogP contribution in [0.1, 0.15) is 56.7 Å². The minimum absolute atomic E-state index is 0.754. The van der Waals surface area contributed by atoms with E-state index in [2.05, 4.69) is 59.0 Å². The number of benzene rings is 2. The molecule has 0 spiro atoms. The second-order valence-electron chi connectivity index (χ2n) is 9.25. The van der Waals surface area contributed by atoms with Crippen molar-refractivity contribution in [3.63, 3.8) is 0 Å². The molecule has 1 heterocycles. The zero-order valence-corrected chi connectivity index (χ0v) is 22.9. The summed E-state index contributed by atoms with van der Waals surface area (Å²) in [4.78, 5) is 7.31. The van der Waals surface area contributed by atoms with Gasteiger partial charge in [0.15, 0.2) is 5.11 Å². The molecule has 3 rings (SSSR count). The lowest BCUT2D eigenvalue weighted by Crippen LogP contribution is -2.37. The molecular weight excluding hydrogens is 460 g/mol. The highest BCUT2D eigenvalue weighted by molar-refractivity contribution is 7.80. The van der Waals surface area contributed by atoms with Gasteiger partial charge in [-0.15, -0.1) is 0 Å². The highest BCUT2D eigenvalue weighted by atomic mass is 35.5. The number of hydrogen-bond donors (Lipinski definition) is 1. The van der Waals surface area contributed by atoms with Crippen LogP contribution in [0.5, 0.6) is 0 Å². The first-order valence-corrected chi connectivity index (χ1v) is 13.6. The Bertz CT molecular complexity index is 944. The van der Waals surface area contributed by atoms with Gasteiger partial charge in [-0.2, -0.15) is 0 Å². The number of aryl methyl sites for hydroxylation is 2. The quantitative estimate of drug-likeness (QED) is 0.344. The Kier molecular flexibility index (Phi) is 10.5. The van der Waals surface area contributed by atoms with Gasteiger partial charge in [0.05, 0.1) is 0 Å². The minimum Gasteiger partial charge on any atom is -0.371 e. The maximum atomic E-state index is 6.35. The third-order valence-corrected chi connectivity index (χ3v) is 7.50. The van der Waals surface area contributed by atoms with Gasteiger partial charge in [0, 0.05) is 42.6 Å². The second kappa shape index (κ2) is 13.3. The fourth-order valence-corrected chi connectivity index (χ4v) is 5.15. The van der Waals surface area contributed by atoms with Crippen molar-refractivity contribution in [1.29, 1.82) is 0 Å². The predicted octanol–water partition coefficient (Wildman–Crippen LogP) is 6.74. The Labute approximate surface area is 217 Å². The average molecular weight is 501 g/mol. The predicted molar refractivity (Wildman–Crippen MR) is 152 cm³/mol. The largest absolute Gasteiger partial charge is 0.371 e. The summed E-state index contributed by atoms with van der Waals surface area (Å²) in [5, 5.41) is 4.94. The van der Waals surface area contributed by atoms with Crippen LogP contribution in [-0.4, -0.2) is 54.2 Å². The van der Waals surface area contributed by atoms with Gasteiger partial charge in [0.25, 0.3) is 0 Å². The number of hydrogen-bond acceptors (Lipinski definition) is 3. The lowest BCUT2D eigenvalue weighted by molar-refractivity contribution is 0.281. The van der Waals surface area contributed by atoms with Crippen molar-refractivity contribution < 1.29 is 0 Å². The molecule has 0 fully saturated rings. The molecule has 0 unspecified atom stereocenters. The SMILES string of the molecule is CCCN1CCCc2cc(CN(CCCN(CC)CC)C(=S)Nc3ccc(C)c(Cl)c3)ccc21. The van der Waals surface area contributed by atoms with Gasteiger partial charge in [-0.3, -0.25) is 0 Å². The Morgan fingerprint density at radius 1 is 1.09 bits per heavy atom. The third-order valence-electron chi connectivity index (χ3n) is 6.73. The fraction of sp³-hybridized carbons (Fsp3) is 0.536. The Hall–Kier alpha value is -1.82. The Balaban J connectivity index is 1.74. The van der Waals surface area contributed by atoms with E-state index in [9.17, 15) is 0 Å². The summed E-state index contributed by atoms with van der Waals surface area (Å²) >= 11 is 12.2. The maximum absolute atomic E-state index is 6.35. The van der Waals surface area contributed by atoms with Crippen molar-refractivity contribution in [1.82, 2.24) is 9.80 Å². The highest BCUT2D eigenvalue weighted by Gasteiger charge is 2.18. The molecule has 2 aromatic rings. The molecule has 34 heavy (non-hydrogen) atoms. The van der Waals surface area contributed by atoms with E-state index >= 15 is 0 Å². The van der Waals surface area contributed by atoms with E-state index in [1.165, 1.54) is 36.2 Å². The van der Waals surface area contributed by atoms with Crippen molar-refractivity contribution in [2.24, 2.45) is 0 Å². The van der Waals surface area contributed by atoms with Gasteiger partial charge in [0.1, 0.15) is 0 Å². The molecule has 186 valence electrons. The molecule has 1 aliphatic heterocycles. The van der Waals surface area contributed by atoms with Crippen molar-refractivity contribution in [2.45, 2.75) is 59.9 Å². The van der Waals surface area contributed by atoms with Gasteiger partial charge in [0.2, 0.25) is 0 Å². The molecule has 0 bridgehead atoms. The van der Waals surface area contributed by atoms with E-state index < -0.39 is 0 Å². The molecular formula is C28H41ClN4S. The van der Waals surface area contributed by atoms with Crippen LogP contribution in [0.2, 0.25) is 5.02 Å². The number of rotatable bonds is 11.